The number of carbonyl (C=O) groups is 1. The van der Waals surface area contributed by atoms with Crippen molar-refractivity contribution in [2.24, 2.45) is 5.92 Å². The maximum atomic E-state index is 11.1. The number of carbonyl (C=O) groups excluding carboxylic acids is 1. The van der Waals surface area contributed by atoms with Crippen LogP contribution in [0.1, 0.15) is 27.7 Å². The lowest BCUT2D eigenvalue weighted by atomic mass is 10.1. The fraction of sp³-hybridized carbons (Fsp3) is 0.889. The molecule has 0 unspecified atom stereocenters. The lowest BCUT2D eigenvalue weighted by molar-refractivity contribution is -0.156. The van der Waals surface area contributed by atoms with E-state index in [1.165, 1.54) is 0 Å². The van der Waals surface area contributed by atoms with E-state index in [2.05, 4.69) is 15.9 Å². The van der Waals surface area contributed by atoms with Gasteiger partial charge in [-0.25, -0.2) is 4.79 Å². The lowest BCUT2D eigenvalue weighted by Crippen LogP contribution is -2.31. The summed E-state index contributed by atoms with van der Waals surface area (Å²) in [5, 5.41) is 9.30. The van der Waals surface area contributed by atoms with Gasteiger partial charge >= 0.3 is 5.97 Å². The molecule has 0 fully saturated rings. The molecule has 4 heteroatoms. The molecule has 0 spiro atoms. The van der Waals surface area contributed by atoms with E-state index in [-0.39, 0.29) is 16.8 Å². The van der Waals surface area contributed by atoms with Crippen LogP contribution in [0.3, 0.4) is 0 Å². The number of ether oxygens (including phenoxy) is 1. The molecule has 0 amide bonds. The number of hydrogen-bond acceptors (Lipinski definition) is 3. The second-order valence-electron chi connectivity index (χ2n) is 4.02. The van der Waals surface area contributed by atoms with Crippen LogP contribution in [0.2, 0.25) is 0 Å². The number of esters is 1. The van der Waals surface area contributed by atoms with Crippen molar-refractivity contribution in [3.63, 3.8) is 0 Å². The van der Waals surface area contributed by atoms with Gasteiger partial charge in [0.1, 0.15) is 6.61 Å². The Balaban J connectivity index is 3.89. The van der Waals surface area contributed by atoms with Gasteiger partial charge in [-0.05, 0) is 19.8 Å². The zero-order valence-corrected chi connectivity index (χ0v) is 10.1. The van der Waals surface area contributed by atoms with Crippen LogP contribution in [0.4, 0.5) is 0 Å². The summed E-state index contributed by atoms with van der Waals surface area (Å²) in [5.74, 6) is -0.659. The lowest BCUT2D eigenvalue weighted by Gasteiger charge is -2.19. The molecule has 0 aliphatic rings. The molecule has 0 aromatic heterocycles. The second-order valence-corrected chi connectivity index (χ2v) is 6.16. The Bertz CT molecular complexity index is 172. The smallest absolute Gasteiger partial charge is 0.335 e. The van der Waals surface area contributed by atoms with Crippen molar-refractivity contribution >= 4 is 21.9 Å². The average Bonchev–Trinajstić information content (AvgIpc) is 1.97. The normalized spacial score (nSPS) is 14.4. The molecule has 0 bridgehead atoms. The van der Waals surface area contributed by atoms with Crippen molar-refractivity contribution in [3.8, 4) is 0 Å². The van der Waals surface area contributed by atoms with E-state index >= 15 is 0 Å². The quantitative estimate of drug-likeness (QED) is 0.613. The highest BCUT2D eigenvalue weighted by atomic mass is 79.9. The standard InChI is InChI=1S/C9H17BrO3/c1-6(2)7(11)8(12)13-5-9(3,4)10/h6-7,11H,5H2,1-4H3/t7-/m1/s1. The van der Waals surface area contributed by atoms with Crippen LogP contribution in [-0.2, 0) is 9.53 Å². The second kappa shape index (κ2) is 4.96. The van der Waals surface area contributed by atoms with Crippen molar-refractivity contribution in [1.82, 2.24) is 0 Å². The van der Waals surface area contributed by atoms with Crippen molar-refractivity contribution in [1.29, 1.82) is 0 Å². The minimum absolute atomic E-state index is 0.106. The summed E-state index contributed by atoms with van der Waals surface area (Å²) in [6, 6.07) is 0. The molecular weight excluding hydrogens is 236 g/mol. The highest BCUT2D eigenvalue weighted by Crippen LogP contribution is 2.16. The molecule has 0 saturated carbocycles. The van der Waals surface area contributed by atoms with Gasteiger partial charge in [-0.3, -0.25) is 0 Å². The molecule has 0 aliphatic carbocycles. The fourth-order valence-corrected chi connectivity index (χ4v) is 0.715. The van der Waals surface area contributed by atoms with Crippen LogP contribution in [0.25, 0.3) is 0 Å². The summed E-state index contributed by atoms with van der Waals surface area (Å²) in [7, 11) is 0. The Labute approximate surface area is 87.6 Å². The SMILES string of the molecule is CC(C)[C@@H](O)C(=O)OCC(C)(C)Br. The third-order valence-corrected chi connectivity index (χ3v) is 1.66. The van der Waals surface area contributed by atoms with E-state index in [0.29, 0.717) is 0 Å². The van der Waals surface area contributed by atoms with Crippen LogP contribution in [0.5, 0.6) is 0 Å². The summed E-state index contributed by atoms with van der Waals surface area (Å²) in [6.45, 7) is 7.58. The van der Waals surface area contributed by atoms with Gasteiger partial charge in [0.2, 0.25) is 0 Å². The third kappa shape index (κ3) is 6.05. The predicted molar refractivity (Wildman–Crippen MR) is 54.8 cm³/mol. The van der Waals surface area contributed by atoms with E-state index in [4.69, 9.17) is 4.74 Å². The minimum Gasteiger partial charge on any atom is -0.462 e. The molecule has 78 valence electrons. The van der Waals surface area contributed by atoms with Crippen LogP contribution in [0.15, 0.2) is 0 Å². The minimum atomic E-state index is -1.02. The number of aliphatic hydroxyl groups is 1. The van der Waals surface area contributed by atoms with Crippen molar-refractivity contribution in [2.45, 2.75) is 38.1 Å². The highest BCUT2D eigenvalue weighted by molar-refractivity contribution is 9.10. The fourth-order valence-electron chi connectivity index (χ4n) is 0.600. The summed E-state index contributed by atoms with van der Waals surface area (Å²) < 4.78 is 4.66. The molecule has 1 N–H and O–H groups in total. The predicted octanol–water partition coefficient (Wildman–Crippen LogP) is 1.72. The van der Waals surface area contributed by atoms with Gasteiger partial charge in [-0.1, -0.05) is 29.8 Å². The molecule has 0 rings (SSSR count). The van der Waals surface area contributed by atoms with E-state index in [1.807, 2.05) is 13.8 Å². The number of rotatable bonds is 4. The largest absolute Gasteiger partial charge is 0.462 e. The van der Waals surface area contributed by atoms with Crippen molar-refractivity contribution in [2.75, 3.05) is 6.61 Å². The van der Waals surface area contributed by atoms with E-state index < -0.39 is 12.1 Å². The van der Waals surface area contributed by atoms with Gasteiger partial charge in [0.05, 0.1) is 4.32 Å². The molecule has 0 aromatic carbocycles. The Hall–Kier alpha value is -0.0900. The van der Waals surface area contributed by atoms with Crippen molar-refractivity contribution in [3.05, 3.63) is 0 Å². The van der Waals surface area contributed by atoms with Gasteiger partial charge in [0.25, 0.3) is 0 Å². The number of aliphatic hydroxyl groups excluding tert-OH is 1. The van der Waals surface area contributed by atoms with Gasteiger partial charge in [0.15, 0.2) is 6.10 Å². The molecule has 3 nitrogen and oxygen atoms in total. The zero-order chi connectivity index (χ0) is 10.6. The maximum absolute atomic E-state index is 11.1. The molecule has 0 radical (unpaired) electrons. The van der Waals surface area contributed by atoms with Gasteiger partial charge in [0, 0.05) is 0 Å². The average molecular weight is 253 g/mol. The number of alkyl halides is 1. The first-order chi connectivity index (χ1) is 5.74. The Morgan fingerprint density at radius 2 is 2.00 bits per heavy atom. The van der Waals surface area contributed by atoms with Crippen molar-refractivity contribution < 1.29 is 14.6 Å². The molecule has 0 saturated heterocycles. The van der Waals surface area contributed by atoms with E-state index in [0.717, 1.165) is 0 Å². The summed E-state index contributed by atoms with van der Waals surface area (Å²) in [5.41, 5.74) is 0. The monoisotopic (exact) mass is 252 g/mol. The van der Waals surface area contributed by atoms with Gasteiger partial charge in [-0.15, -0.1) is 0 Å². The van der Waals surface area contributed by atoms with E-state index in [9.17, 15) is 9.90 Å². The molecule has 13 heavy (non-hydrogen) atoms. The highest BCUT2D eigenvalue weighted by Gasteiger charge is 2.23. The first-order valence-corrected chi connectivity index (χ1v) is 5.07. The van der Waals surface area contributed by atoms with Crippen LogP contribution in [-0.4, -0.2) is 28.1 Å². The Kier molecular flexibility index (Phi) is 4.92. The third-order valence-electron chi connectivity index (χ3n) is 1.43. The topological polar surface area (TPSA) is 46.5 Å². The molecule has 0 heterocycles. The van der Waals surface area contributed by atoms with Gasteiger partial charge in [-0.2, -0.15) is 0 Å². The molecular formula is C9H17BrO3. The molecule has 1 atom stereocenters. The summed E-state index contributed by atoms with van der Waals surface area (Å²) >= 11 is 3.33. The van der Waals surface area contributed by atoms with E-state index in [1.54, 1.807) is 13.8 Å². The number of halogens is 1. The first kappa shape index (κ1) is 12.9. The Morgan fingerprint density at radius 3 is 2.31 bits per heavy atom. The van der Waals surface area contributed by atoms with Crippen LogP contribution in [0, 0.1) is 5.92 Å². The molecule has 0 aromatic rings. The van der Waals surface area contributed by atoms with Crippen LogP contribution < -0.4 is 0 Å². The van der Waals surface area contributed by atoms with Crippen LogP contribution >= 0.6 is 15.9 Å². The van der Waals surface area contributed by atoms with Gasteiger partial charge < -0.3 is 9.84 Å². The zero-order valence-electron chi connectivity index (χ0n) is 8.50. The summed E-state index contributed by atoms with van der Waals surface area (Å²) in [4.78, 5) is 11.1. The number of hydrogen-bond donors (Lipinski definition) is 1. The first-order valence-electron chi connectivity index (χ1n) is 4.27. The Morgan fingerprint density at radius 1 is 1.54 bits per heavy atom. The summed E-state index contributed by atoms with van der Waals surface area (Å²) in [6.07, 6.45) is -1.02. The maximum Gasteiger partial charge on any atom is 0.335 e. The molecule has 0 aliphatic heterocycles.